The number of aromatic nitrogens is 3. The minimum absolute atomic E-state index is 0.138. The largest absolute Gasteiger partial charge is 0.346 e. The van der Waals surface area contributed by atoms with Crippen molar-refractivity contribution in [1.29, 1.82) is 0 Å². The highest BCUT2D eigenvalue weighted by Crippen LogP contribution is 2.23. The zero-order chi connectivity index (χ0) is 22.0. The molecule has 3 heterocycles. The Morgan fingerprint density at radius 2 is 1.94 bits per heavy atom. The van der Waals surface area contributed by atoms with E-state index >= 15 is 0 Å². The van der Waals surface area contributed by atoms with Crippen molar-refractivity contribution in [3.63, 3.8) is 0 Å². The molecule has 2 aromatic heterocycles. The average Bonchev–Trinajstić information content (AvgIpc) is 3.28. The second-order valence-electron chi connectivity index (χ2n) is 8.15. The maximum Gasteiger partial charge on any atom is 0.280 e. The van der Waals surface area contributed by atoms with Crippen LogP contribution in [0, 0.1) is 5.92 Å². The van der Waals surface area contributed by atoms with E-state index in [0.29, 0.717) is 17.9 Å². The number of amides is 3. The van der Waals surface area contributed by atoms with E-state index in [1.165, 1.54) is 6.20 Å². The summed E-state index contributed by atoms with van der Waals surface area (Å²) in [7, 11) is 0. The van der Waals surface area contributed by atoms with Gasteiger partial charge in [0.1, 0.15) is 11.5 Å². The normalized spacial score (nSPS) is 14.4. The van der Waals surface area contributed by atoms with Crippen LogP contribution in [0.15, 0.2) is 42.6 Å². The van der Waals surface area contributed by atoms with E-state index in [1.54, 1.807) is 12.1 Å². The smallest absolute Gasteiger partial charge is 0.280 e. The van der Waals surface area contributed by atoms with Crippen molar-refractivity contribution >= 4 is 28.8 Å². The molecule has 8 heteroatoms. The number of para-hydroxylation sites is 2. The Kier molecular flexibility index (Phi) is 5.79. The number of benzene rings is 1. The third kappa shape index (κ3) is 4.33. The highest BCUT2D eigenvalue weighted by atomic mass is 16.2. The van der Waals surface area contributed by atoms with Crippen molar-refractivity contribution in [2.75, 3.05) is 6.54 Å². The first-order valence-electron chi connectivity index (χ1n) is 10.5. The Hall–Kier alpha value is -3.55. The molecule has 0 unspecified atom stereocenters. The Labute approximate surface area is 180 Å². The fraction of sp³-hybridized carbons (Fsp3) is 0.348. The number of nitrogens with zero attached hydrogens (tertiary/aromatic N) is 3. The number of H-pyrrole nitrogens is 1. The molecule has 0 saturated carbocycles. The molecule has 3 aromatic rings. The predicted octanol–water partition coefficient (Wildman–Crippen LogP) is 3.24. The maximum atomic E-state index is 12.6. The van der Waals surface area contributed by atoms with Crippen LogP contribution in [-0.2, 0) is 4.79 Å². The molecule has 4 rings (SSSR count). The molecule has 0 radical (unpaired) electrons. The first-order valence-corrected chi connectivity index (χ1v) is 10.5. The summed E-state index contributed by atoms with van der Waals surface area (Å²) >= 11 is 0. The lowest BCUT2D eigenvalue weighted by Crippen LogP contribution is -2.33. The lowest BCUT2D eigenvalue weighted by atomic mass is 10.0. The molecule has 1 aromatic carbocycles. The van der Waals surface area contributed by atoms with Gasteiger partial charge in [0.15, 0.2) is 0 Å². The standard InChI is InChI=1S/C23H25N5O3/c1-14(2)13-18(21-26-16-8-3-4-9-17(16)27-21)25-19(29)10-6-12-28-22(30)15-7-5-11-24-20(15)23(28)31/h3-5,7-9,11,14,18H,6,10,12-13H2,1-2H3,(H,25,29)(H,26,27)/t18-/m0/s1. The summed E-state index contributed by atoms with van der Waals surface area (Å²) in [4.78, 5) is 50.5. The first-order chi connectivity index (χ1) is 14.9. The topological polar surface area (TPSA) is 108 Å². The lowest BCUT2D eigenvalue weighted by Gasteiger charge is -2.19. The molecule has 2 N–H and O–H groups in total. The molecular weight excluding hydrogens is 394 g/mol. The summed E-state index contributed by atoms with van der Waals surface area (Å²) in [6.45, 7) is 4.37. The van der Waals surface area contributed by atoms with E-state index in [2.05, 4.69) is 34.1 Å². The van der Waals surface area contributed by atoms with Crippen LogP contribution in [0.2, 0.25) is 0 Å². The average molecular weight is 419 g/mol. The fourth-order valence-corrected chi connectivity index (χ4v) is 3.83. The van der Waals surface area contributed by atoms with Gasteiger partial charge in [0.2, 0.25) is 5.91 Å². The molecule has 1 aliphatic heterocycles. The zero-order valence-electron chi connectivity index (χ0n) is 17.6. The second-order valence-corrected chi connectivity index (χ2v) is 8.15. The Morgan fingerprint density at radius 3 is 2.68 bits per heavy atom. The lowest BCUT2D eigenvalue weighted by molar-refractivity contribution is -0.122. The second kappa shape index (κ2) is 8.67. The molecule has 3 amide bonds. The van der Waals surface area contributed by atoms with Crippen LogP contribution in [0.1, 0.15) is 65.8 Å². The highest BCUT2D eigenvalue weighted by Gasteiger charge is 2.36. The van der Waals surface area contributed by atoms with Gasteiger partial charge in [0.25, 0.3) is 11.8 Å². The van der Waals surface area contributed by atoms with Gasteiger partial charge in [-0.15, -0.1) is 0 Å². The summed E-state index contributed by atoms with van der Waals surface area (Å²) in [5.41, 5.74) is 2.29. The summed E-state index contributed by atoms with van der Waals surface area (Å²) in [5, 5.41) is 3.06. The molecule has 31 heavy (non-hydrogen) atoms. The Balaban J connectivity index is 1.36. The van der Waals surface area contributed by atoms with Crippen molar-refractivity contribution in [3.8, 4) is 0 Å². The number of nitrogens with one attached hydrogen (secondary N) is 2. The molecule has 160 valence electrons. The van der Waals surface area contributed by atoms with Gasteiger partial charge in [-0.1, -0.05) is 26.0 Å². The van der Waals surface area contributed by atoms with Gasteiger partial charge in [-0.3, -0.25) is 24.3 Å². The van der Waals surface area contributed by atoms with Gasteiger partial charge in [-0.2, -0.15) is 0 Å². The number of carbonyl (C=O) groups excluding carboxylic acids is 3. The third-order valence-corrected chi connectivity index (χ3v) is 5.30. The molecular formula is C23H25N5O3. The fourth-order valence-electron chi connectivity index (χ4n) is 3.83. The van der Waals surface area contributed by atoms with Gasteiger partial charge in [-0.05, 0) is 43.0 Å². The summed E-state index contributed by atoms with van der Waals surface area (Å²) in [5.74, 6) is 0.203. The highest BCUT2D eigenvalue weighted by molar-refractivity contribution is 6.20. The molecule has 0 aliphatic carbocycles. The number of aromatic amines is 1. The molecule has 0 spiro atoms. The number of imidazole rings is 1. The Bertz CT molecular complexity index is 1070. The molecule has 0 bridgehead atoms. The van der Waals surface area contributed by atoms with Crippen LogP contribution in [-0.4, -0.2) is 44.1 Å². The van der Waals surface area contributed by atoms with Crippen molar-refractivity contribution in [2.45, 2.75) is 39.2 Å². The van der Waals surface area contributed by atoms with Crippen molar-refractivity contribution < 1.29 is 14.4 Å². The van der Waals surface area contributed by atoms with Gasteiger partial charge in [0, 0.05) is 19.2 Å². The van der Waals surface area contributed by atoms with E-state index in [0.717, 1.165) is 28.2 Å². The molecule has 1 atom stereocenters. The number of pyridine rings is 1. The molecule has 0 saturated heterocycles. The SMILES string of the molecule is CC(C)C[C@H](NC(=O)CCCN1C(=O)c2cccnc2C1=O)c1nc2ccccc2[nH]1. The number of fused-ring (bicyclic) bond motifs is 2. The van der Waals surface area contributed by atoms with E-state index in [9.17, 15) is 14.4 Å². The number of rotatable bonds is 8. The monoisotopic (exact) mass is 419 g/mol. The minimum Gasteiger partial charge on any atom is -0.346 e. The van der Waals surface area contributed by atoms with Crippen LogP contribution < -0.4 is 5.32 Å². The van der Waals surface area contributed by atoms with Gasteiger partial charge in [-0.25, -0.2) is 4.98 Å². The van der Waals surface area contributed by atoms with Gasteiger partial charge >= 0.3 is 0 Å². The van der Waals surface area contributed by atoms with E-state index in [1.807, 2.05) is 24.3 Å². The number of carbonyl (C=O) groups is 3. The van der Waals surface area contributed by atoms with Crippen LogP contribution >= 0.6 is 0 Å². The number of hydrogen-bond donors (Lipinski definition) is 2. The van der Waals surface area contributed by atoms with E-state index < -0.39 is 5.91 Å². The number of hydrogen-bond acceptors (Lipinski definition) is 5. The van der Waals surface area contributed by atoms with Crippen LogP contribution in [0.25, 0.3) is 11.0 Å². The summed E-state index contributed by atoms with van der Waals surface area (Å²) in [6.07, 6.45) is 2.82. The molecule has 0 fully saturated rings. The summed E-state index contributed by atoms with van der Waals surface area (Å²) < 4.78 is 0. The van der Waals surface area contributed by atoms with Crippen LogP contribution in [0.4, 0.5) is 0 Å². The quantitative estimate of drug-likeness (QED) is 0.545. The Morgan fingerprint density at radius 1 is 1.13 bits per heavy atom. The van der Waals surface area contributed by atoms with E-state index in [4.69, 9.17) is 0 Å². The van der Waals surface area contributed by atoms with Crippen molar-refractivity contribution in [2.24, 2.45) is 5.92 Å². The van der Waals surface area contributed by atoms with Crippen LogP contribution in [0.3, 0.4) is 0 Å². The maximum absolute atomic E-state index is 12.6. The van der Waals surface area contributed by atoms with Crippen molar-refractivity contribution in [3.05, 3.63) is 59.7 Å². The summed E-state index contributed by atoms with van der Waals surface area (Å²) in [6, 6.07) is 10.8. The third-order valence-electron chi connectivity index (χ3n) is 5.30. The van der Waals surface area contributed by atoms with Crippen molar-refractivity contribution in [1.82, 2.24) is 25.2 Å². The minimum atomic E-state index is -0.402. The first kappa shape index (κ1) is 20.7. The van der Waals surface area contributed by atoms with Gasteiger partial charge < -0.3 is 10.3 Å². The molecule has 8 nitrogen and oxygen atoms in total. The van der Waals surface area contributed by atoms with E-state index in [-0.39, 0.29) is 36.5 Å². The van der Waals surface area contributed by atoms with Gasteiger partial charge in [0.05, 0.1) is 22.6 Å². The zero-order valence-corrected chi connectivity index (χ0v) is 17.6. The molecule has 1 aliphatic rings. The predicted molar refractivity (Wildman–Crippen MR) is 115 cm³/mol. The number of imide groups is 1. The van der Waals surface area contributed by atoms with Crippen LogP contribution in [0.5, 0.6) is 0 Å².